The number of nitrogens with one attached hydrogen (secondary N) is 1. The summed E-state index contributed by atoms with van der Waals surface area (Å²) in [6.07, 6.45) is 2.40. The van der Waals surface area contributed by atoms with Gasteiger partial charge in [0.2, 0.25) is 11.8 Å². The van der Waals surface area contributed by atoms with Crippen LogP contribution >= 0.6 is 23.2 Å². The number of hydrogen-bond acceptors (Lipinski definition) is 2. The van der Waals surface area contributed by atoms with E-state index in [0.29, 0.717) is 47.2 Å². The van der Waals surface area contributed by atoms with Crippen molar-refractivity contribution < 1.29 is 9.59 Å². The maximum Gasteiger partial charge on any atom is 0.227 e. The van der Waals surface area contributed by atoms with E-state index in [1.165, 1.54) is 0 Å². The molecule has 0 unspecified atom stereocenters. The maximum atomic E-state index is 12.1. The molecule has 3 rings (SSSR count). The topological polar surface area (TPSA) is 49.4 Å². The van der Waals surface area contributed by atoms with E-state index in [0.717, 1.165) is 12.0 Å². The first-order chi connectivity index (χ1) is 12.0. The Balaban J connectivity index is 1.58. The van der Waals surface area contributed by atoms with Gasteiger partial charge in [0.15, 0.2) is 0 Å². The van der Waals surface area contributed by atoms with Gasteiger partial charge in [0.25, 0.3) is 0 Å². The van der Waals surface area contributed by atoms with Gasteiger partial charge < -0.3 is 10.2 Å². The molecule has 0 spiro atoms. The predicted molar refractivity (Wildman–Crippen MR) is 101 cm³/mol. The molecule has 0 aliphatic carbocycles. The van der Waals surface area contributed by atoms with Gasteiger partial charge in [-0.3, -0.25) is 9.59 Å². The molecule has 1 saturated heterocycles. The highest BCUT2D eigenvalue weighted by Gasteiger charge is 2.23. The maximum absolute atomic E-state index is 12.1. The second-order valence-corrected chi connectivity index (χ2v) is 6.83. The van der Waals surface area contributed by atoms with Gasteiger partial charge in [-0.05, 0) is 48.7 Å². The fourth-order valence-electron chi connectivity index (χ4n) is 2.84. The number of rotatable bonds is 5. The van der Waals surface area contributed by atoms with Crippen molar-refractivity contribution in [1.82, 2.24) is 0 Å². The number of carbonyl (C=O) groups is 2. The van der Waals surface area contributed by atoms with Gasteiger partial charge in [-0.1, -0.05) is 35.3 Å². The van der Waals surface area contributed by atoms with Crippen LogP contribution in [0.4, 0.5) is 11.4 Å². The highest BCUT2D eigenvalue weighted by atomic mass is 35.5. The zero-order valence-corrected chi connectivity index (χ0v) is 15.1. The van der Waals surface area contributed by atoms with Crippen molar-refractivity contribution in [1.29, 1.82) is 0 Å². The summed E-state index contributed by atoms with van der Waals surface area (Å²) < 4.78 is 0. The molecule has 4 nitrogen and oxygen atoms in total. The van der Waals surface area contributed by atoms with Gasteiger partial charge in [0.1, 0.15) is 0 Å². The zero-order chi connectivity index (χ0) is 17.8. The van der Waals surface area contributed by atoms with Crippen LogP contribution in [0.1, 0.15) is 24.8 Å². The minimum atomic E-state index is -0.0870. The fourth-order valence-corrected chi connectivity index (χ4v) is 3.25. The zero-order valence-electron chi connectivity index (χ0n) is 13.6. The Morgan fingerprint density at radius 2 is 1.88 bits per heavy atom. The molecule has 2 aromatic rings. The van der Waals surface area contributed by atoms with Crippen molar-refractivity contribution in [3.8, 4) is 0 Å². The highest BCUT2D eigenvalue weighted by Crippen LogP contribution is 2.31. The molecular formula is C19H18Cl2N2O2. The van der Waals surface area contributed by atoms with Crippen LogP contribution < -0.4 is 10.2 Å². The second kappa shape index (κ2) is 7.89. The Bertz CT molecular complexity index is 791. The van der Waals surface area contributed by atoms with Crippen LogP contribution in [0.15, 0.2) is 42.5 Å². The average Bonchev–Trinajstić information content (AvgIpc) is 3.00. The predicted octanol–water partition coefficient (Wildman–Crippen LogP) is 4.69. The molecule has 0 aromatic heterocycles. The summed E-state index contributed by atoms with van der Waals surface area (Å²) in [6.45, 7) is 0.686. The first-order valence-electron chi connectivity index (χ1n) is 8.17. The van der Waals surface area contributed by atoms with Gasteiger partial charge >= 0.3 is 0 Å². The Morgan fingerprint density at radius 1 is 1.12 bits per heavy atom. The number of carbonyl (C=O) groups excluding carboxylic acids is 2. The number of aryl methyl sites for hydroxylation is 1. The fraction of sp³-hybridized carbons (Fsp3) is 0.263. The molecule has 0 radical (unpaired) electrons. The Morgan fingerprint density at radius 3 is 2.52 bits per heavy atom. The molecule has 1 heterocycles. The molecule has 1 aliphatic heterocycles. The van der Waals surface area contributed by atoms with Crippen molar-refractivity contribution in [2.45, 2.75) is 25.7 Å². The molecule has 2 amide bonds. The summed E-state index contributed by atoms with van der Waals surface area (Å²) in [4.78, 5) is 25.6. The van der Waals surface area contributed by atoms with Crippen LogP contribution in [-0.4, -0.2) is 18.4 Å². The van der Waals surface area contributed by atoms with Crippen LogP contribution in [-0.2, 0) is 16.0 Å². The van der Waals surface area contributed by atoms with Crippen LogP contribution in [0.2, 0.25) is 10.0 Å². The lowest BCUT2D eigenvalue weighted by atomic mass is 10.1. The van der Waals surface area contributed by atoms with Crippen LogP contribution in [0.5, 0.6) is 0 Å². The number of benzene rings is 2. The Kier molecular flexibility index (Phi) is 5.61. The largest absolute Gasteiger partial charge is 0.326 e. The number of halogens is 2. The third-order valence-electron chi connectivity index (χ3n) is 4.15. The second-order valence-electron chi connectivity index (χ2n) is 5.99. The summed E-state index contributed by atoms with van der Waals surface area (Å²) in [6, 6.07) is 12.7. The number of amides is 2. The van der Waals surface area contributed by atoms with E-state index < -0.39 is 0 Å². The van der Waals surface area contributed by atoms with Crippen LogP contribution in [0.25, 0.3) is 0 Å². The van der Waals surface area contributed by atoms with Gasteiger partial charge in [-0.15, -0.1) is 0 Å². The Labute approximate surface area is 156 Å². The van der Waals surface area contributed by atoms with E-state index in [9.17, 15) is 9.59 Å². The lowest BCUT2D eigenvalue weighted by molar-refractivity contribution is -0.117. The minimum Gasteiger partial charge on any atom is -0.326 e. The summed E-state index contributed by atoms with van der Waals surface area (Å²) >= 11 is 12.1. The minimum absolute atomic E-state index is 0.0849. The lowest BCUT2D eigenvalue weighted by Crippen LogP contribution is -2.24. The van der Waals surface area contributed by atoms with Crippen molar-refractivity contribution in [2.24, 2.45) is 0 Å². The summed E-state index contributed by atoms with van der Waals surface area (Å²) in [7, 11) is 0. The number of anilines is 2. The molecule has 0 saturated carbocycles. The van der Waals surface area contributed by atoms with Gasteiger partial charge in [0.05, 0.1) is 10.7 Å². The molecule has 0 atom stereocenters. The van der Waals surface area contributed by atoms with E-state index in [1.807, 2.05) is 24.3 Å². The van der Waals surface area contributed by atoms with Gasteiger partial charge in [-0.25, -0.2) is 0 Å². The van der Waals surface area contributed by atoms with Gasteiger partial charge in [0, 0.05) is 30.1 Å². The van der Waals surface area contributed by atoms with Gasteiger partial charge in [-0.2, -0.15) is 0 Å². The molecule has 25 heavy (non-hydrogen) atoms. The molecule has 130 valence electrons. The smallest absolute Gasteiger partial charge is 0.227 e. The lowest BCUT2D eigenvalue weighted by Gasteiger charge is -2.18. The molecule has 1 aliphatic rings. The average molecular weight is 377 g/mol. The van der Waals surface area contributed by atoms with Crippen molar-refractivity contribution in [3.05, 3.63) is 58.1 Å². The van der Waals surface area contributed by atoms with Crippen molar-refractivity contribution in [2.75, 3.05) is 16.8 Å². The molecule has 1 N–H and O–H groups in total. The van der Waals surface area contributed by atoms with Crippen molar-refractivity contribution in [3.63, 3.8) is 0 Å². The normalized spacial score (nSPS) is 14.0. The molecular weight excluding hydrogens is 359 g/mol. The number of hydrogen-bond donors (Lipinski definition) is 1. The summed E-state index contributed by atoms with van der Waals surface area (Å²) in [5.74, 6) is -0.00216. The molecule has 6 heteroatoms. The standard InChI is InChI=1S/C19H18Cl2N2O2/c20-14-6-3-13(4-7-14)5-10-18(24)22-15-8-9-17(16(21)12-15)23-11-1-2-19(23)25/h3-4,6-9,12H,1-2,5,10-11H2,(H,22,24). The third-order valence-corrected chi connectivity index (χ3v) is 4.70. The van der Waals surface area contributed by atoms with E-state index in [1.54, 1.807) is 23.1 Å². The number of nitrogens with zero attached hydrogens (tertiary/aromatic N) is 1. The van der Waals surface area contributed by atoms with Crippen LogP contribution in [0, 0.1) is 0 Å². The van der Waals surface area contributed by atoms with E-state index in [-0.39, 0.29) is 11.8 Å². The third kappa shape index (κ3) is 4.53. The van der Waals surface area contributed by atoms with E-state index in [2.05, 4.69) is 5.32 Å². The van der Waals surface area contributed by atoms with E-state index >= 15 is 0 Å². The Hall–Kier alpha value is -2.04. The van der Waals surface area contributed by atoms with Crippen molar-refractivity contribution >= 4 is 46.4 Å². The van der Waals surface area contributed by atoms with E-state index in [4.69, 9.17) is 23.2 Å². The van der Waals surface area contributed by atoms with Crippen LogP contribution in [0.3, 0.4) is 0 Å². The first-order valence-corrected chi connectivity index (χ1v) is 8.93. The monoisotopic (exact) mass is 376 g/mol. The highest BCUT2D eigenvalue weighted by molar-refractivity contribution is 6.34. The summed E-state index contributed by atoms with van der Waals surface area (Å²) in [5.41, 5.74) is 2.38. The molecule has 2 aromatic carbocycles. The quantitative estimate of drug-likeness (QED) is 0.822. The first kappa shape index (κ1) is 17.8. The molecule has 1 fully saturated rings. The SMILES string of the molecule is O=C(CCc1ccc(Cl)cc1)Nc1ccc(N2CCCC2=O)c(Cl)c1. The molecule has 0 bridgehead atoms. The summed E-state index contributed by atoms with van der Waals surface area (Å²) in [5, 5.41) is 3.98.